The fourth-order valence-corrected chi connectivity index (χ4v) is 3.81. The third kappa shape index (κ3) is 6.76. The second-order valence-corrected chi connectivity index (χ2v) is 9.11. The number of ether oxygens (including phenoxy) is 1. The quantitative estimate of drug-likeness (QED) is 0.454. The Balaban J connectivity index is 2.14. The minimum Gasteiger partial charge on any atom is -0.493 e. The number of amides is 1. The van der Waals surface area contributed by atoms with E-state index in [1.54, 1.807) is 23.1 Å². The van der Waals surface area contributed by atoms with Crippen LogP contribution in [0.3, 0.4) is 0 Å². The molecule has 8 heteroatoms. The predicted molar refractivity (Wildman–Crippen MR) is 111 cm³/mol. The number of benzene rings is 2. The van der Waals surface area contributed by atoms with Gasteiger partial charge in [-0.05, 0) is 43.7 Å². The molecule has 0 aliphatic heterocycles. The molecule has 28 heavy (non-hydrogen) atoms. The normalized spacial score (nSPS) is 11.3. The highest BCUT2D eigenvalue weighted by molar-refractivity contribution is 8.00. The van der Waals surface area contributed by atoms with E-state index in [4.69, 9.17) is 8.92 Å². The lowest BCUT2D eigenvalue weighted by molar-refractivity contribution is -0.130. The number of carbonyl (C=O) groups excluding carboxylic acids is 1. The summed E-state index contributed by atoms with van der Waals surface area (Å²) in [5, 5.41) is 0. The van der Waals surface area contributed by atoms with Gasteiger partial charge in [0, 0.05) is 17.5 Å². The summed E-state index contributed by atoms with van der Waals surface area (Å²) in [6.45, 7) is 4.24. The largest absolute Gasteiger partial charge is 0.493 e. The maximum atomic E-state index is 12.8. The van der Waals surface area contributed by atoms with E-state index in [0.29, 0.717) is 18.0 Å². The van der Waals surface area contributed by atoms with Gasteiger partial charge in [0.15, 0.2) is 11.5 Å². The van der Waals surface area contributed by atoms with Crippen molar-refractivity contribution in [2.24, 2.45) is 0 Å². The third-order valence-electron chi connectivity index (χ3n) is 3.87. The van der Waals surface area contributed by atoms with Gasteiger partial charge >= 0.3 is 10.1 Å². The Hall–Kier alpha value is -2.19. The molecule has 0 fully saturated rings. The maximum absolute atomic E-state index is 12.8. The lowest BCUT2D eigenvalue weighted by Crippen LogP contribution is -2.37. The van der Waals surface area contributed by atoms with E-state index in [1.165, 1.54) is 18.9 Å². The number of rotatable bonds is 9. The molecule has 0 spiro atoms. The Morgan fingerprint density at radius 3 is 2.36 bits per heavy atom. The fraction of sp³-hybridized carbons (Fsp3) is 0.350. The molecule has 0 heterocycles. The van der Waals surface area contributed by atoms with Crippen molar-refractivity contribution in [3.05, 3.63) is 54.1 Å². The minimum absolute atomic E-state index is 0.00486. The smallest absolute Gasteiger partial charge is 0.306 e. The number of carbonyl (C=O) groups is 1. The summed E-state index contributed by atoms with van der Waals surface area (Å²) in [7, 11) is -2.25. The molecule has 0 atom stereocenters. The molecule has 1 amide bonds. The molecule has 0 aliphatic carbocycles. The Morgan fingerprint density at radius 2 is 1.79 bits per heavy atom. The molecule has 2 rings (SSSR count). The second-order valence-electron chi connectivity index (χ2n) is 6.49. The lowest BCUT2D eigenvalue weighted by Gasteiger charge is -2.27. The molecular weight excluding hydrogens is 398 g/mol. The molecule has 0 bridgehead atoms. The first kappa shape index (κ1) is 22.1. The highest BCUT2D eigenvalue weighted by atomic mass is 32.2. The van der Waals surface area contributed by atoms with E-state index in [-0.39, 0.29) is 17.7 Å². The van der Waals surface area contributed by atoms with Gasteiger partial charge in [0.1, 0.15) is 0 Å². The van der Waals surface area contributed by atoms with Crippen LogP contribution in [0.25, 0.3) is 0 Å². The third-order valence-corrected chi connectivity index (χ3v) is 5.35. The molecule has 2 aromatic rings. The molecule has 0 saturated carbocycles. The van der Waals surface area contributed by atoms with Crippen LogP contribution in [-0.4, -0.2) is 44.4 Å². The SMILES string of the molecule is COc1ccc(CN(C(=O)CSc2ccccc2)C(C)C)cc1OS(C)(=O)=O. The second kappa shape index (κ2) is 9.84. The van der Waals surface area contributed by atoms with Gasteiger partial charge in [-0.2, -0.15) is 8.42 Å². The first-order valence-corrected chi connectivity index (χ1v) is 11.5. The van der Waals surface area contributed by atoms with Crippen LogP contribution in [0.4, 0.5) is 0 Å². The molecule has 0 radical (unpaired) electrons. The number of hydrogen-bond donors (Lipinski definition) is 0. The molecular formula is C20H25NO5S2. The molecule has 0 saturated heterocycles. The number of nitrogens with zero attached hydrogens (tertiary/aromatic N) is 1. The minimum atomic E-state index is -3.69. The summed E-state index contributed by atoms with van der Waals surface area (Å²) in [4.78, 5) is 15.5. The summed E-state index contributed by atoms with van der Waals surface area (Å²) < 4.78 is 33.2. The zero-order chi connectivity index (χ0) is 20.7. The van der Waals surface area contributed by atoms with Crippen molar-refractivity contribution in [2.45, 2.75) is 31.3 Å². The van der Waals surface area contributed by atoms with Gasteiger partial charge in [0.2, 0.25) is 5.91 Å². The highest BCUT2D eigenvalue weighted by Crippen LogP contribution is 2.30. The Morgan fingerprint density at radius 1 is 1.11 bits per heavy atom. The van der Waals surface area contributed by atoms with Gasteiger partial charge in [-0.15, -0.1) is 11.8 Å². The van der Waals surface area contributed by atoms with Crippen LogP contribution < -0.4 is 8.92 Å². The van der Waals surface area contributed by atoms with Crippen molar-refractivity contribution in [1.29, 1.82) is 0 Å². The van der Waals surface area contributed by atoms with Crippen molar-refractivity contribution in [3.63, 3.8) is 0 Å². The first-order valence-electron chi connectivity index (χ1n) is 8.73. The van der Waals surface area contributed by atoms with Crippen molar-refractivity contribution in [3.8, 4) is 11.5 Å². The van der Waals surface area contributed by atoms with Gasteiger partial charge in [-0.25, -0.2) is 0 Å². The molecule has 0 unspecified atom stereocenters. The number of thioether (sulfide) groups is 1. The van der Waals surface area contributed by atoms with Gasteiger partial charge < -0.3 is 13.8 Å². The van der Waals surface area contributed by atoms with Crippen LogP contribution >= 0.6 is 11.8 Å². The standard InChI is InChI=1S/C20H25NO5S2/c1-15(2)21(20(22)14-27-17-8-6-5-7-9-17)13-16-10-11-18(25-3)19(12-16)26-28(4,23)24/h5-12,15H,13-14H2,1-4H3. The van der Waals surface area contributed by atoms with Crippen LogP contribution in [-0.2, 0) is 21.5 Å². The summed E-state index contributed by atoms with van der Waals surface area (Å²) in [6, 6.07) is 14.8. The van der Waals surface area contributed by atoms with Gasteiger partial charge in [-0.3, -0.25) is 4.79 Å². The van der Waals surface area contributed by atoms with E-state index < -0.39 is 10.1 Å². The summed E-state index contributed by atoms with van der Waals surface area (Å²) in [6.07, 6.45) is 0.976. The zero-order valence-corrected chi connectivity index (χ0v) is 18.0. The Bertz CT molecular complexity index is 898. The van der Waals surface area contributed by atoms with Crippen molar-refractivity contribution in [2.75, 3.05) is 19.1 Å². The van der Waals surface area contributed by atoms with E-state index in [2.05, 4.69) is 0 Å². The van der Waals surface area contributed by atoms with Gasteiger partial charge in [-0.1, -0.05) is 24.3 Å². The van der Waals surface area contributed by atoms with Crippen LogP contribution in [0.1, 0.15) is 19.4 Å². The topological polar surface area (TPSA) is 72.9 Å². The molecule has 6 nitrogen and oxygen atoms in total. The highest BCUT2D eigenvalue weighted by Gasteiger charge is 2.19. The lowest BCUT2D eigenvalue weighted by atomic mass is 10.1. The van der Waals surface area contributed by atoms with Crippen LogP contribution in [0.15, 0.2) is 53.4 Å². The van der Waals surface area contributed by atoms with E-state index in [9.17, 15) is 13.2 Å². The van der Waals surface area contributed by atoms with Crippen molar-refractivity contribution < 1.29 is 22.1 Å². The fourth-order valence-electron chi connectivity index (χ4n) is 2.55. The number of hydrogen-bond acceptors (Lipinski definition) is 6. The average Bonchev–Trinajstić information content (AvgIpc) is 2.63. The van der Waals surface area contributed by atoms with E-state index in [0.717, 1.165) is 16.7 Å². The molecule has 0 aliphatic rings. The van der Waals surface area contributed by atoms with Gasteiger partial charge in [0.05, 0.1) is 19.1 Å². The molecule has 2 aromatic carbocycles. The van der Waals surface area contributed by atoms with E-state index >= 15 is 0 Å². The molecule has 0 N–H and O–H groups in total. The Kier molecular flexibility index (Phi) is 7.77. The van der Waals surface area contributed by atoms with Crippen LogP contribution in [0.5, 0.6) is 11.5 Å². The number of methoxy groups -OCH3 is 1. The van der Waals surface area contributed by atoms with Crippen LogP contribution in [0, 0.1) is 0 Å². The average molecular weight is 424 g/mol. The van der Waals surface area contributed by atoms with Crippen molar-refractivity contribution in [1.82, 2.24) is 4.90 Å². The molecule has 152 valence electrons. The summed E-state index contributed by atoms with van der Waals surface area (Å²) in [5.74, 6) is 0.754. The van der Waals surface area contributed by atoms with E-state index in [1.807, 2.05) is 44.2 Å². The predicted octanol–water partition coefficient (Wildman–Crippen LogP) is 3.56. The van der Waals surface area contributed by atoms with Gasteiger partial charge in [0.25, 0.3) is 0 Å². The first-order chi connectivity index (χ1) is 13.2. The van der Waals surface area contributed by atoms with Crippen molar-refractivity contribution >= 4 is 27.8 Å². The summed E-state index contributed by atoms with van der Waals surface area (Å²) >= 11 is 1.49. The monoisotopic (exact) mass is 423 g/mol. The van der Waals surface area contributed by atoms with Crippen LogP contribution in [0.2, 0.25) is 0 Å². The molecule has 0 aromatic heterocycles. The Labute approximate surface area is 171 Å². The zero-order valence-electron chi connectivity index (χ0n) is 16.4. The maximum Gasteiger partial charge on any atom is 0.306 e. The summed E-state index contributed by atoms with van der Waals surface area (Å²) in [5.41, 5.74) is 0.756.